The number of carbonyl (C=O) groups is 1. The number of nitrogens with one attached hydrogen (secondary N) is 1. The molecule has 0 radical (unpaired) electrons. The minimum Gasteiger partial charge on any atom is -0.494 e. The Hall–Kier alpha value is -2.82. The van der Waals surface area contributed by atoms with Gasteiger partial charge in [-0.1, -0.05) is 45.0 Å². The second-order valence-electron chi connectivity index (χ2n) is 8.80. The van der Waals surface area contributed by atoms with E-state index in [9.17, 15) is 4.79 Å². The molecule has 5 nitrogen and oxygen atoms in total. The number of rotatable bonds is 9. The number of aromatic nitrogens is 2. The van der Waals surface area contributed by atoms with Gasteiger partial charge >= 0.3 is 0 Å². The van der Waals surface area contributed by atoms with Gasteiger partial charge in [0.25, 0.3) is 0 Å². The molecule has 0 bridgehead atoms. The Morgan fingerprint density at radius 1 is 1.10 bits per heavy atom. The van der Waals surface area contributed by atoms with Crippen LogP contribution < -0.4 is 10.1 Å². The number of hydrogen-bond acceptors (Lipinski definition) is 3. The molecular weight excluding hydrogens is 374 g/mol. The molecule has 1 N–H and O–H groups in total. The van der Waals surface area contributed by atoms with Crippen molar-refractivity contribution in [2.24, 2.45) is 5.41 Å². The summed E-state index contributed by atoms with van der Waals surface area (Å²) in [6, 6.07) is 16.4. The van der Waals surface area contributed by atoms with Crippen LogP contribution in [-0.2, 0) is 17.8 Å². The summed E-state index contributed by atoms with van der Waals surface area (Å²) < 4.78 is 8.20. The summed E-state index contributed by atoms with van der Waals surface area (Å²) in [5.74, 6) is 2.07. The highest BCUT2D eigenvalue weighted by Gasteiger charge is 2.20. The summed E-state index contributed by atoms with van der Waals surface area (Å²) in [5, 5.41) is 3.03. The topological polar surface area (TPSA) is 56.1 Å². The highest BCUT2D eigenvalue weighted by molar-refractivity contribution is 5.81. The Labute approximate surface area is 179 Å². The lowest BCUT2D eigenvalue weighted by atomic mass is 9.96. The van der Waals surface area contributed by atoms with Crippen molar-refractivity contribution < 1.29 is 9.53 Å². The van der Waals surface area contributed by atoms with Crippen LogP contribution >= 0.6 is 0 Å². The molecule has 0 spiro atoms. The van der Waals surface area contributed by atoms with E-state index in [4.69, 9.17) is 9.72 Å². The van der Waals surface area contributed by atoms with E-state index in [0.717, 1.165) is 48.4 Å². The van der Waals surface area contributed by atoms with Crippen LogP contribution in [-0.4, -0.2) is 28.6 Å². The van der Waals surface area contributed by atoms with Gasteiger partial charge in [-0.15, -0.1) is 0 Å². The molecule has 2 aromatic carbocycles. The number of nitrogens with zero attached hydrogens (tertiary/aromatic N) is 2. The van der Waals surface area contributed by atoms with E-state index < -0.39 is 0 Å². The van der Waals surface area contributed by atoms with Gasteiger partial charge in [-0.25, -0.2) is 4.98 Å². The number of hydrogen-bond donors (Lipinski definition) is 1. The number of benzene rings is 2. The Morgan fingerprint density at radius 2 is 1.90 bits per heavy atom. The van der Waals surface area contributed by atoms with Gasteiger partial charge in [-0.05, 0) is 49.6 Å². The molecule has 0 unspecified atom stereocenters. The molecule has 5 heteroatoms. The summed E-state index contributed by atoms with van der Waals surface area (Å²) >= 11 is 0. The molecule has 0 fully saturated rings. The average Bonchev–Trinajstić information content (AvgIpc) is 3.05. The third-order valence-corrected chi connectivity index (χ3v) is 5.06. The van der Waals surface area contributed by atoms with Crippen LogP contribution in [0.15, 0.2) is 48.5 Å². The van der Waals surface area contributed by atoms with E-state index in [0.29, 0.717) is 13.2 Å². The van der Waals surface area contributed by atoms with E-state index in [2.05, 4.69) is 47.1 Å². The van der Waals surface area contributed by atoms with Crippen molar-refractivity contribution in [3.05, 3.63) is 59.9 Å². The van der Waals surface area contributed by atoms with Gasteiger partial charge in [0.2, 0.25) is 5.91 Å². The average molecular weight is 408 g/mol. The third kappa shape index (κ3) is 5.85. The van der Waals surface area contributed by atoms with Crippen LogP contribution in [0, 0.1) is 12.3 Å². The highest BCUT2D eigenvalue weighted by atomic mass is 16.5. The summed E-state index contributed by atoms with van der Waals surface area (Å²) in [4.78, 5) is 16.9. The number of amides is 1. The zero-order chi connectivity index (χ0) is 21.6. The van der Waals surface area contributed by atoms with Crippen molar-refractivity contribution in [1.29, 1.82) is 0 Å². The van der Waals surface area contributed by atoms with E-state index in [1.807, 2.05) is 39.0 Å². The molecule has 3 aromatic rings. The van der Waals surface area contributed by atoms with Crippen molar-refractivity contribution in [1.82, 2.24) is 14.9 Å². The van der Waals surface area contributed by atoms with Gasteiger partial charge in [-0.2, -0.15) is 0 Å². The van der Waals surface area contributed by atoms with Crippen LogP contribution in [0.4, 0.5) is 0 Å². The SMILES string of the molecule is Cc1cccc(OCCCn2c(CCCNC(=O)C(C)(C)C)nc3ccccc32)c1. The second-order valence-corrected chi connectivity index (χ2v) is 8.80. The van der Waals surface area contributed by atoms with Crippen LogP contribution in [0.3, 0.4) is 0 Å². The maximum absolute atomic E-state index is 12.1. The fourth-order valence-electron chi connectivity index (χ4n) is 3.40. The second kappa shape index (κ2) is 9.79. The number of aryl methyl sites for hydroxylation is 3. The van der Waals surface area contributed by atoms with Crippen LogP contribution in [0.5, 0.6) is 5.75 Å². The van der Waals surface area contributed by atoms with Gasteiger partial charge in [0.1, 0.15) is 11.6 Å². The van der Waals surface area contributed by atoms with E-state index in [-0.39, 0.29) is 11.3 Å². The summed E-state index contributed by atoms with van der Waals surface area (Å²) in [7, 11) is 0. The first-order valence-corrected chi connectivity index (χ1v) is 10.8. The molecule has 0 atom stereocenters. The Kier molecular flexibility index (Phi) is 7.14. The van der Waals surface area contributed by atoms with Crippen molar-refractivity contribution in [3.63, 3.8) is 0 Å². The molecule has 0 aliphatic rings. The highest BCUT2D eigenvalue weighted by Crippen LogP contribution is 2.19. The molecule has 30 heavy (non-hydrogen) atoms. The van der Waals surface area contributed by atoms with Gasteiger partial charge < -0.3 is 14.6 Å². The standard InChI is InChI=1S/C25H33N3O2/c1-19-10-7-11-20(18-19)30-17-9-16-28-22-13-6-5-12-21(22)27-23(28)14-8-15-26-24(29)25(2,3)4/h5-7,10-13,18H,8-9,14-17H2,1-4H3,(H,26,29). The normalized spacial score (nSPS) is 11.6. The van der Waals surface area contributed by atoms with Gasteiger partial charge in [-0.3, -0.25) is 4.79 Å². The number of ether oxygens (including phenoxy) is 1. The molecule has 0 aliphatic heterocycles. The predicted molar refractivity (Wildman–Crippen MR) is 122 cm³/mol. The predicted octanol–water partition coefficient (Wildman–Crippen LogP) is 4.91. The van der Waals surface area contributed by atoms with Crippen molar-refractivity contribution in [2.45, 2.75) is 53.5 Å². The minimum atomic E-state index is -0.357. The van der Waals surface area contributed by atoms with Gasteiger partial charge in [0.15, 0.2) is 0 Å². The van der Waals surface area contributed by atoms with E-state index in [1.165, 1.54) is 5.56 Å². The Morgan fingerprint density at radius 3 is 2.67 bits per heavy atom. The third-order valence-electron chi connectivity index (χ3n) is 5.06. The summed E-state index contributed by atoms with van der Waals surface area (Å²) in [6.45, 7) is 10.0. The number of fused-ring (bicyclic) bond motifs is 1. The summed E-state index contributed by atoms with van der Waals surface area (Å²) in [5.41, 5.74) is 3.02. The first-order valence-electron chi connectivity index (χ1n) is 10.8. The van der Waals surface area contributed by atoms with Crippen LogP contribution in [0.2, 0.25) is 0 Å². The van der Waals surface area contributed by atoms with Crippen LogP contribution in [0.1, 0.15) is 45.0 Å². The molecular formula is C25H33N3O2. The minimum absolute atomic E-state index is 0.0873. The van der Waals surface area contributed by atoms with Crippen LogP contribution in [0.25, 0.3) is 11.0 Å². The van der Waals surface area contributed by atoms with E-state index >= 15 is 0 Å². The lowest BCUT2D eigenvalue weighted by Gasteiger charge is -2.17. The molecule has 1 amide bonds. The zero-order valence-electron chi connectivity index (χ0n) is 18.6. The molecule has 1 heterocycles. The maximum Gasteiger partial charge on any atom is 0.225 e. The quantitative estimate of drug-likeness (QED) is 0.513. The molecule has 1 aromatic heterocycles. The zero-order valence-corrected chi connectivity index (χ0v) is 18.6. The Bertz CT molecular complexity index is 985. The number of imidazole rings is 1. The molecule has 0 saturated carbocycles. The summed E-state index contributed by atoms with van der Waals surface area (Å²) in [6.07, 6.45) is 2.60. The Balaban J connectivity index is 1.58. The van der Waals surface area contributed by atoms with E-state index in [1.54, 1.807) is 0 Å². The first kappa shape index (κ1) is 21.9. The number of carbonyl (C=O) groups excluding carboxylic acids is 1. The maximum atomic E-state index is 12.1. The van der Waals surface area contributed by atoms with Crippen molar-refractivity contribution in [2.75, 3.05) is 13.2 Å². The van der Waals surface area contributed by atoms with Crippen molar-refractivity contribution >= 4 is 16.9 Å². The lowest BCUT2D eigenvalue weighted by Crippen LogP contribution is -2.35. The number of para-hydroxylation sites is 2. The molecule has 160 valence electrons. The largest absolute Gasteiger partial charge is 0.494 e. The smallest absolute Gasteiger partial charge is 0.225 e. The van der Waals surface area contributed by atoms with Crippen molar-refractivity contribution in [3.8, 4) is 5.75 Å². The fourth-order valence-corrected chi connectivity index (χ4v) is 3.40. The molecule has 3 rings (SSSR count). The fraction of sp³-hybridized carbons (Fsp3) is 0.440. The lowest BCUT2D eigenvalue weighted by molar-refractivity contribution is -0.128. The monoisotopic (exact) mass is 407 g/mol. The molecule has 0 aliphatic carbocycles. The van der Waals surface area contributed by atoms with Gasteiger partial charge in [0, 0.05) is 24.9 Å². The van der Waals surface area contributed by atoms with Gasteiger partial charge in [0.05, 0.1) is 17.6 Å². The first-order chi connectivity index (χ1) is 14.3. The molecule has 0 saturated heterocycles.